The summed E-state index contributed by atoms with van der Waals surface area (Å²) in [5.41, 5.74) is 1.34. The normalized spacial score (nSPS) is 9.56. The SMILES string of the molecule is CCN(CC)c1ccc(C(=O)O)cc1C#N. The van der Waals surface area contributed by atoms with Crippen molar-refractivity contribution < 1.29 is 9.90 Å². The summed E-state index contributed by atoms with van der Waals surface area (Å²) >= 11 is 0. The van der Waals surface area contributed by atoms with E-state index in [4.69, 9.17) is 10.4 Å². The van der Waals surface area contributed by atoms with Gasteiger partial charge in [-0.05, 0) is 32.0 Å². The Kier molecular flexibility index (Phi) is 3.90. The molecule has 0 aliphatic heterocycles. The molecule has 0 bridgehead atoms. The fourth-order valence-corrected chi connectivity index (χ4v) is 1.60. The first-order chi connectivity index (χ1) is 7.63. The zero-order valence-electron chi connectivity index (χ0n) is 9.40. The van der Waals surface area contributed by atoms with E-state index in [0.717, 1.165) is 18.8 Å². The minimum Gasteiger partial charge on any atom is -0.478 e. The van der Waals surface area contributed by atoms with E-state index >= 15 is 0 Å². The largest absolute Gasteiger partial charge is 0.478 e. The van der Waals surface area contributed by atoms with Crippen LogP contribution in [0.3, 0.4) is 0 Å². The van der Waals surface area contributed by atoms with Gasteiger partial charge in [-0.25, -0.2) is 4.79 Å². The van der Waals surface area contributed by atoms with Gasteiger partial charge in [-0.1, -0.05) is 0 Å². The van der Waals surface area contributed by atoms with Crippen LogP contribution >= 0.6 is 0 Å². The molecule has 0 saturated carbocycles. The molecule has 1 N–H and O–H groups in total. The maximum atomic E-state index is 10.8. The van der Waals surface area contributed by atoms with E-state index in [-0.39, 0.29) is 5.56 Å². The molecule has 16 heavy (non-hydrogen) atoms. The van der Waals surface area contributed by atoms with Crippen LogP contribution in [0.25, 0.3) is 0 Å². The highest BCUT2D eigenvalue weighted by Gasteiger charge is 2.11. The number of hydrogen-bond donors (Lipinski definition) is 1. The second-order valence-electron chi connectivity index (χ2n) is 3.32. The van der Waals surface area contributed by atoms with Crippen molar-refractivity contribution >= 4 is 11.7 Å². The van der Waals surface area contributed by atoms with Crippen LogP contribution in [0.4, 0.5) is 5.69 Å². The lowest BCUT2D eigenvalue weighted by Crippen LogP contribution is -2.22. The van der Waals surface area contributed by atoms with Crippen molar-refractivity contribution in [2.75, 3.05) is 18.0 Å². The Labute approximate surface area is 94.7 Å². The van der Waals surface area contributed by atoms with E-state index in [2.05, 4.69) is 0 Å². The van der Waals surface area contributed by atoms with Crippen LogP contribution in [0.1, 0.15) is 29.8 Å². The molecular formula is C12H14N2O2. The molecule has 1 aromatic carbocycles. The van der Waals surface area contributed by atoms with Crippen molar-refractivity contribution in [2.45, 2.75) is 13.8 Å². The number of carboxylic acid groups (broad SMARTS) is 1. The van der Waals surface area contributed by atoms with Crippen molar-refractivity contribution in [2.24, 2.45) is 0 Å². The smallest absolute Gasteiger partial charge is 0.335 e. The zero-order chi connectivity index (χ0) is 12.1. The standard InChI is InChI=1S/C12H14N2O2/c1-3-14(4-2)11-6-5-9(12(15)16)7-10(11)8-13/h5-7H,3-4H2,1-2H3,(H,15,16). The molecule has 0 aliphatic carbocycles. The number of rotatable bonds is 4. The number of nitriles is 1. The molecule has 0 spiro atoms. The Hall–Kier alpha value is -2.02. The summed E-state index contributed by atoms with van der Waals surface area (Å²) < 4.78 is 0. The Morgan fingerprint density at radius 2 is 2.06 bits per heavy atom. The van der Waals surface area contributed by atoms with Crippen LogP contribution in [-0.4, -0.2) is 24.2 Å². The quantitative estimate of drug-likeness (QED) is 0.840. The molecule has 0 aliphatic rings. The number of anilines is 1. The number of carboxylic acids is 1. The highest BCUT2D eigenvalue weighted by atomic mass is 16.4. The summed E-state index contributed by atoms with van der Waals surface area (Å²) in [5.74, 6) is -1.01. The summed E-state index contributed by atoms with van der Waals surface area (Å²) in [6, 6.07) is 6.66. The lowest BCUT2D eigenvalue weighted by Gasteiger charge is -2.22. The third-order valence-corrected chi connectivity index (χ3v) is 2.47. The molecule has 0 saturated heterocycles. The average molecular weight is 218 g/mol. The van der Waals surface area contributed by atoms with E-state index in [1.54, 1.807) is 6.07 Å². The number of benzene rings is 1. The first kappa shape index (κ1) is 12.1. The summed E-state index contributed by atoms with van der Waals surface area (Å²) in [4.78, 5) is 12.8. The molecule has 4 nitrogen and oxygen atoms in total. The number of aromatic carboxylic acids is 1. The maximum absolute atomic E-state index is 10.8. The number of hydrogen-bond acceptors (Lipinski definition) is 3. The predicted molar refractivity (Wildman–Crippen MR) is 61.7 cm³/mol. The van der Waals surface area contributed by atoms with Crippen molar-refractivity contribution in [3.05, 3.63) is 29.3 Å². The zero-order valence-corrected chi connectivity index (χ0v) is 9.40. The summed E-state index contributed by atoms with van der Waals surface area (Å²) in [6.45, 7) is 5.57. The molecule has 0 unspecified atom stereocenters. The van der Waals surface area contributed by atoms with Crippen LogP contribution in [0.5, 0.6) is 0 Å². The van der Waals surface area contributed by atoms with E-state index in [0.29, 0.717) is 5.56 Å². The highest BCUT2D eigenvalue weighted by molar-refractivity contribution is 5.89. The van der Waals surface area contributed by atoms with E-state index in [1.807, 2.05) is 24.8 Å². The van der Waals surface area contributed by atoms with E-state index in [1.165, 1.54) is 12.1 Å². The minimum absolute atomic E-state index is 0.146. The van der Waals surface area contributed by atoms with Gasteiger partial charge in [-0.15, -0.1) is 0 Å². The van der Waals surface area contributed by atoms with Gasteiger partial charge in [0.1, 0.15) is 6.07 Å². The molecule has 0 amide bonds. The van der Waals surface area contributed by atoms with Crippen LogP contribution in [0, 0.1) is 11.3 Å². The lowest BCUT2D eigenvalue weighted by atomic mass is 10.1. The third-order valence-electron chi connectivity index (χ3n) is 2.47. The van der Waals surface area contributed by atoms with Gasteiger partial charge in [0, 0.05) is 13.1 Å². The topological polar surface area (TPSA) is 64.3 Å². The Morgan fingerprint density at radius 1 is 1.44 bits per heavy atom. The maximum Gasteiger partial charge on any atom is 0.335 e. The third kappa shape index (κ3) is 2.31. The van der Waals surface area contributed by atoms with Gasteiger partial charge < -0.3 is 10.0 Å². The monoisotopic (exact) mass is 218 g/mol. The summed E-state index contributed by atoms with van der Waals surface area (Å²) in [6.07, 6.45) is 0. The van der Waals surface area contributed by atoms with E-state index in [9.17, 15) is 4.79 Å². The van der Waals surface area contributed by atoms with Gasteiger partial charge in [-0.2, -0.15) is 5.26 Å². The van der Waals surface area contributed by atoms with Gasteiger partial charge in [0.05, 0.1) is 16.8 Å². The van der Waals surface area contributed by atoms with Gasteiger partial charge in [-0.3, -0.25) is 0 Å². The Balaban J connectivity index is 3.22. The molecule has 0 aromatic heterocycles. The molecule has 0 heterocycles. The summed E-state index contributed by atoms with van der Waals surface area (Å²) in [7, 11) is 0. The van der Waals surface area contributed by atoms with Gasteiger partial charge in [0.25, 0.3) is 0 Å². The predicted octanol–water partition coefficient (Wildman–Crippen LogP) is 2.10. The van der Waals surface area contributed by atoms with Crippen LogP contribution in [0.2, 0.25) is 0 Å². The summed E-state index contributed by atoms with van der Waals surface area (Å²) in [5, 5.41) is 17.8. The minimum atomic E-state index is -1.01. The highest BCUT2D eigenvalue weighted by Crippen LogP contribution is 2.21. The number of carbonyl (C=O) groups is 1. The average Bonchev–Trinajstić information content (AvgIpc) is 2.30. The van der Waals surface area contributed by atoms with Crippen LogP contribution in [-0.2, 0) is 0 Å². The number of nitrogens with zero attached hydrogens (tertiary/aromatic N) is 2. The van der Waals surface area contributed by atoms with Crippen molar-refractivity contribution in [3.8, 4) is 6.07 Å². The lowest BCUT2D eigenvalue weighted by molar-refractivity contribution is 0.0697. The molecule has 4 heteroatoms. The van der Waals surface area contributed by atoms with Crippen molar-refractivity contribution in [3.63, 3.8) is 0 Å². The molecule has 84 valence electrons. The Bertz CT molecular complexity index is 431. The van der Waals surface area contributed by atoms with Gasteiger partial charge in [0.2, 0.25) is 0 Å². The molecular weight excluding hydrogens is 204 g/mol. The first-order valence-corrected chi connectivity index (χ1v) is 5.16. The second-order valence-corrected chi connectivity index (χ2v) is 3.32. The molecule has 0 fully saturated rings. The van der Waals surface area contributed by atoms with Crippen molar-refractivity contribution in [1.29, 1.82) is 5.26 Å². The molecule has 0 radical (unpaired) electrons. The fourth-order valence-electron chi connectivity index (χ4n) is 1.60. The first-order valence-electron chi connectivity index (χ1n) is 5.16. The van der Waals surface area contributed by atoms with E-state index < -0.39 is 5.97 Å². The van der Waals surface area contributed by atoms with Gasteiger partial charge >= 0.3 is 5.97 Å². The van der Waals surface area contributed by atoms with Crippen LogP contribution < -0.4 is 4.90 Å². The second kappa shape index (κ2) is 5.17. The van der Waals surface area contributed by atoms with Crippen molar-refractivity contribution in [1.82, 2.24) is 0 Å². The molecule has 1 rings (SSSR count). The fraction of sp³-hybridized carbons (Fsp3) is 0.333. The van der Waals surface area contributed by atoms with Crippen LogP contribution in [0.15, 0.2) is 18.2 Å². The molecule has 0 atom stereocenters. The van der Waals surface area contributed by atoms with Gasteiger partial charge in [0.15, 0.2) is 0 Å². The Morgan fingerprint density at radius 3 is 2.50 bits per heavy atom. The molecule has 1 aromatic rings.